The number of nitrogens with zero attached hydrogens (tertiary/aromatic N) is 3. The maximum Gasteiger partial charge on any atom is 0.253 e. The van der Waals surface area contributed by atoms with Crippen LogP contribution in [0.2, 0.25) is 0 Å². The predicted molar refractivity (Wildman–Crippen MR) is 125 cm³/mol. The largest absolute Gasteiger partial charge is 0.358 e. The van der Waals surface area contributed by atoms with Crippen molar-refractivity contribution in [2.75, 3.05) is 43.5 Å². The van der Waals surface area contributed by atoms with Gasteiger partial charge in [-0.2, -0.15) is 0 Å². The van der Waals surface area contributed by atoms with E-state index in [1.54, 1.807) is 31.1 Å². The van der Waals surface area contributed by atoms with Crippen molar-refractivity contribution in [2.45, 2.75) is 31.7 Å². The Balaban J connectivity index is 1.54. The highest BCUT2D eigenvalue weighted by Gasteiger charge is 2.40. The summed E-state index contributed by atoms with van der Waals surface area (Å²) in [5, 5.41) is 2.94. The van der Waals surface area contributed by atoms with E-state index < -0.39 is 0 Å². The molecule has 3 amide bonds. The minimum Gasteiger partial charge on any atom is -0.358 e. The molecule has 7 heteroatoms. The topological polar surface area (TPSA) is 73.0 Å². The van der Waals surface area contributed by atoms with Crippen LogP contribution in [-0.4, -0.2) is 62.4 Å². The maximum absolute atomic E-state index is 13.4. The van der Waals surface area contributed by atoms with E-state index in [1.165, 1.54) is 4.90 Å². The second-order valence-electron chi connectivity index (χ2n) is 8.62. The van der Waals surface area contributed by atoms with Crippen molar-refractivity contribution in [1.29, 1.82) is 0 Å². The number of benzene rings is 2. The van der Waals surface area contributed by atoms with Gasteiger partial charge in [-0.1, -0.05) is 30.3 Å². The molecular formula is C25H30N4O3. The van der Waals surface area contributed by atoms with E-state index in [0.717, 1.165) is 43.5 Å². The fourth-order valence-corrected chi connectivity index (χ4v) is 4.50. The molecule has 2 heterocycles. The third-order valence-electron chi connectivity index (χ3n) is 6.16. The van der Waals surface area contributed by atoms with Crippen molar-refractivity contribution in [3.05, 3.63) is 59.7 Å². The Morgan fingerprint density at radius 2 is 1.84 bits per heavy atom. The van der Waals surface area contributed by atoms with Crippen LogP contribution >= 0.6 is 0 Å². The van der Waals surface area contributed by atoms with Crippen LogP contribution in [0.1, 0.15) is 35.2 Å². The fraction of sp³-hybridized carbons (Fsp3) is 0.400. The van der Waals surface area contributed by atoms with Gasteiger partial charge < -0.3 is 15.1 Å². The summed E-state index contributed by atoms with van der Waals surface area (Å²) in [5.74, 6) is -0.396. The summed E-state index contributed by atoms with van der Waals surface area (Å²) in [6.07, 6.45) is 3.54. The molecule has 32 heavy (non-hydrogen) atoms. The molecule has 2 aliphatic rings. The Bertz CT molecular complexity index is 1010. The highest BCUT2D eigenvalue weighted by Crippen LogP contribution is 2.40. The molecule has 1 N–H and O–H groups in total. The molecule has 1 atom stereocenters. The number of piperidine rings is 1. The zero-order chi connectivity index (χ0) is 22.7. The summed E-state index contributed by atoms with van der Waals surface area (Å²) < 4.78 is 0. The first-order valence-corrected chi connectivity index (χ1v) is 11.2. The number of carbonyl (C=O) groups excluding carboxylic acids is 3. The van der Waals surface area contributed by atoms with Crippen LogP contribution in [0.4, 0.5) is 11.4 Å². The summed E-state index contributed by atoms with van der Waals surface area (Å²) in [5.41, 5.74) is 3.21. The monoisotopic (exact) mass is 434 g/mol. The van der Waals surface area contributed by atoms with Gasteiger partial charge >= 0.3 is 0 Å². The van der Waals surface area contributed by atoms with Crippen LogP contribution in [0.15, 0.2) is 48.5 Å². The van der Waals surface area contributed by atoms with Crippen LogP contribution in [0, 0.1) is 0 Å². The lowest BCUT2D eigenvalue weighted by Crippen LogP contribution is -2.57. The minimum absolute atomic E-state index is 0.0510. The van der Waals surface area contributed by atoms with Gasteiger partial charge in [0.15, 0.2) is 0 Å². The smallest absolute Gasteiger partial charge is 0.253 e. The zero-order valence-electron chi connectivity index (χ0n) is 18.7. The number of anilines is 2. The van der Waals surface area contributed by atoms with Crippen LogP contribution in [0.3, 0.4) is 0 Å². The van der Waals surface area contributed by atoms with E-state index >= 15 is 0 Å². The molecule has 168 valence electrons. The second kappa shape index (κ2) is 9.42. The van der Waals surface area contributed by atoms with Gasteiger partial charge in [-0.15, -0.1) is 0 Å². The van der Waals surface area contributed by atoms with Gasteiger partial charge in [-0.3, -0.25) is 19.3 Å². The average Bonchev–Trinajstić information content (AvgIpc) is 2.81. The first kappa shape index (κ1) is 21.9. The summed E-state index contributed by atoms with van der Waals surface area (Å²) in [6, 6.07) is 15.2. The van der Waals surface area contributed by atoms with Crippen molar-refractivity contribution in [3.8, 4) is 0 Å². The number of fused-ring (bicyclic) bond motifs is 3. The Labute approximate surface area is 189 Å². The normalized spacial score (nSPS) is 17.4. The third kappa shape index (κ3) is 4.47. The van der Waals surface area contributed by atoms with E-state index in [0.29, 0.717) is 17.8 Å². The molecule has 0 aliphatic carbocycles. The highest BCUT2D eigenvalue weighted by molar-refractivity contribution is 6.09. The molecule has 1 fully saturated rings. The van der Waals surface area contributed by atoms with E-state index in [1.807, 2.05) is 36.4 Å². The number of rotatable bonds is 6. The molecule has 2 aliphatic heterocycles. The quantitative estimate of drug-likeness (QED) is 0.758. The SMILES string of the molecule is CN(C)C(=O)c1ccc2c(c1)N(CC(=O)NCCc1ccccc1)C(=O)C1CCCCN21. The minimum atomic E-state index is -0.247. The Morgan fingerprint density at radius 1 is 1.06 bits per heavy atom. The van der Waals surface area contributed by atoms with E-state index in [-0.39, 0.29) is 30.3 Å². The van der Waals surface area contributed by atoms with Gasteiger partial charge in [0.25, 0.3) is 5.91 Å². The standard InChI is InChI=1S/C25H30N4O3/c1-27(2)24(31)19-11-12-20-22(16-19)29(25(32)21-10-6-7-15-28(20)21)17-23(30)26-14-13-18-8-4-3-5-9-18/h3-5,8-9,11-12,16,21H,6-7,10,13-15,17H2,1-2H3,(H,26,30). The van der Waals surface area contributed by atoms with Gasteiger partial charge in [-0.05, 0) is 49.4 Å². The molecule has 0 aromatic heterocycles. The average molecular weight is 435 g/mol. The Morgan fingerprint density at radius 3 is 2.59 bits per heavy atom. The summed E-state index contributed by atoms with van der Waals surface area (Å²) in [7, 11) is 3.40. The molecular weight excluding hydrogens is 404 g/mol. The van der Waals surface area contributed by atoms with Crippen LogP contribution < -0.4 is 15.1 Å². The fourth-order valence-electron chi connectivity index (χ4n) is 4.50. The Kier molecular flexibility index (Phi) is 6.44. The van der Waals surface area contributed by atoms with Gasteiger partial charge in [0, 0.05) is 32.7 Å². The van der Waals surface area contributed by atoms with Crippen molar-refractivity contribution < 1.29 is 14.4 Å². The van der Waals surface area contributed by atoms with Crippen molar-refractivity contribution in [2.24, 2.45) is 0 Å². The first-order chi connectivity index (χ1) is 15.5. The molecule has 0 spiro atoms. The molecule has 2 aromatic carbocycles. The molecule has 1 unspecified atom stereocenters. The molecule has 1 saturated heterocycles. The van der Waals surface area contributed by atoms with Gasteiger partial charge in [0.05, 0.1) is 11.4 Å². The van der Waals surface area contributed by atoms with E-state index in [9.17, 15) is 14.4 Å². The number of amides is 3. The zero-order valence-corrected chi connectivity index (χ0v) is 18.7. The summed E-state index contributed by atoms with van der Waals surface area (Å²) >= 11 is 0. The van der Waals surface area contributed by atoms with Gasteiger partial charge in [0.1, 0.15) is 12.6 Å². The lowest BCUT2D eigenvalue weighted by atomic mass is 9.95. The first-order valence-electron chi connectivity index (χ1n) is 11.2. The van der Waals surface area contributed by atoms with E-state index in [2.05, 4.69) is 10.2 Å². The molecule has 2 aromatic rings. The maximum atomic E-state index is 13.4. The molecule has 4 rings (SSSR count). The Hall–Kier alpha value is -3.35. The predicted octanol–water partition coefficient (Wildman–Crippen LogP) is 2.45. The van der Waals surface area contributed by atoms with Crippen LogP contribution in [-0.2, 0) is 16.0 Å². The lowest BCUT2D eigenvalue weighted by molar-refractivity contribution is -0.124. The molecule has 0 saturated carbocycles. The highest BCUT2D eigenvalue weighted by atomic mass is 16.2. The second-order valence-corrected chi connectivity index (χ2v) is 8.62. The summed E-state index contributed by atoms with van der Waals surface area (Å²) in [4.78, 5) is 43.9. The number of hydrogen-bond acceptors (Lipinski definition) is 4. The van der Waals surface area contributed by atoms with Gasteiger partial charge in [0.2, 0.25) is 11.8 Å². The molecule has 7 nitrogen and oxygen atoms in total. The number of nitrogens with one attached hydrogen (secondary N) is 1. The molecule has 0 radical (unpaired) electrons. The van der Waals surface area contributed by atoms with Crippen molar-refractivity contribution in [3.63, 3.8) is 0 Å². The van der Waals surface area contributed by atoms with Crippen LogP contribution in [0.25, 0.3) is 0 Å². The number of carbonyl (C=O) groups is 3. The third-order valence-corrected chi connectivity index (χ3v) is 6.16. The van der Waals surface area contributed by atoms with E-state index in [4.69, 9.17) is 0 Å². The summed E-state index contributed by atoms with van der Waals surface area (Å²) in [6.45, 7) is 1.26. The van der Waals surface area contributed by atoms with Crippen molar-refractivity contribution in [1.82, 2.24) is 10.2 Å². The number of hydrogen-bond donors (Lipinski definition) is 1. The van der Waals surface area contributed by atoms with Crippen molar-refractivity contribution >= 4 is 29.1 Å². The van der Waals surface area contributed by atoms with Gasteiger partial charge in [-0.25, -0.2) is 0 Å². The van der Waals surface area contributed by atoms with Crippen LogP contribution in [0.5, 0.6) is 0 Å². The molecule has 0 bridgehead atoms. The lowest BCUT2D eigenvalue weighted by Gasteiger charge is -2.45.